The highest BCUT2D eigenvalue weighted by Gasteiger charge is 2.26. The van der Waals surface area contributed by atoms with Crippen LogP contribution in [-0.2, 0) is 9.57 Å². The Hall–Kier alpha value is -0.520. The van der Waals surface area contributed by atoms with Crippen LogP contribution in [0.15, 0.2) is 0 Å². The molecule has 0 aromatic carbocycles. The van der Waals surface area contributed by atoms with Crippen molar-refractivity contribution in [3.05, 3.63) is 0 Å². The first-order valence-corrected chi connectivity index (χ1v) is 3.73. The van der Waals surface area contributed by atoms with E-state index < -0.39 is 17.3 Å². The van der Waals surface area contributed by atoms with E-state index in [-0.39, 0.29) is 6.42 Å². The zero-order valence-electron chi connectivity index (χ0n) is 6.91. The Morgan fingerprint density at radius 3 is 2.58 bits per heavy atom. The summed E-state index contributed by atoms with van der Waals surface area (Å²) in [4.78, 5) is 14.3. The predicted molar refractivity (Wildman–Crippen MR) is 42.3 cm³/mol. The molecule has 0 saturated heterocycles. The van der Waals surface area contributed by atoms with Crippen LogP contribution in [0.4, 0.5) is 4.79 Å². The van der Waals surface area contributed by atoms with E-state index in [2.05, 4.69) is 15.5 Å². The Kier molecular flexibility index (Phi) is 4.30. The fraction of sp³-hybridized carbons (Fsp3) is 0.833. The Morgan fingerprint density at radius 2 is 2.25 bits per heavy atom. The average Bonchev–Trinajstić information content (AvgIpc) is 1.83. The van der Waals surface area contributed by atoms with Crippen molar-refractivity contribution in [3.63, 3.8) is 0 Å². The summed E-state index contributed by atoms with van der Waals surface area (Å²) in [5.74, 6) is 4.54. The lowest BCUT2D eigenvalue weighted by molar-refractivity contribution is -0.0309. The quantitative estimate of drug-likeness (QED) is 0.396. The minimum atomic E-state index is -1.06. The summed E-state index contributed by atoms with van der Waals surface area (Å²) in [7, 11) is 0. The van der Waals surface area contributed by atoms with Crippen LogP contribution in [0, 0.1) is 0 Å². The number of hydrogen-bond donors (Lipinski definition) is 2. The van der Waals surface area contributed by atoms with Crippen LogP contribution in [0.1, 0.15) is 20.3 Å². The van der Waals surface area contributed by atoms with E-state index in [1.807, 2.05) is 0 Å². The summed E-state index contributed by atoms with van der Waals surface area (Å²) < 4.78 is 4.67. The molecule has 1 unspecified atom stereocenters. The first-order chi connectivity index (χ1) is 5.37. The Balaban J connectivity index is 3.94. The summed E-state index contributed by atoms with van der Waals surface area (Å²) in [6.07, 6.45) is -0.902. The largest absolute Gasteiger partial charge is 0.528 e. The van der Waals surface area contributed by atoms with Gasteiger partial charge >= 0.3 is 6.16 Å². The summed E-state index contributed by atoms with van der Waals surface area (Å²) in [6.45, 7) is 3.16. The molecule has 0 radical (unpaired) electrons. The highest BCUT2D eigenvalue weighted by atomic mass is 35.5. The number of hydrogen-bond acceptors (Lipinski definition) is 5. The molecule has 0 aliphatic rings. The number of ether oxygens (including phenoxy) is 1. The van der Waals surface area contributed by atoms with E-state index in [0.29, 0.717) is 0 Å². The highest BCUT2D eigenvalue weighted by molar-refractivity contribution is 6.19. The van der Waals surface area contributed by atoms with Crippen molar-refractivity contribution in [2.24, 2.45) is 5.90 Å². The molecular formula is C6H12ClNO4. The van der Waals surface area contributed by atoms with Crippen molar-refractivity contribution in [2.45, 2.75) is 31.4 Å². The maximum atomic E-state index is 10.5. The van der Waals surface area contributed by atoms with Crippen LogP contribution >= 0.6 is 11.6 Å². The first-order valence-electron chi connectivity index (χ1n) is 3.29. The third kappa shape index (κ3) is 5.17. The Labute approximate surface area is 75.3 Å². The third-order valence-corrected chi connectivity index (χ3v) is 1.27. The van der Waals surface area contributed by atoms with Crippen molar-refractivity contribution < 1.29 is 19.5 Å². The van der Waals surface area contributed by atoms with Crippen LogP contribution in [-0.4, -0.2) is 22.4 Å². The van der Waals surface area contributed by atoms with E-state index >= 15 is 0 Å². The van der Waals surface area contributed by atoms with Gasteiger partial charge < -0.3 is 14.7 Å². The molecule has 72 valence electrons. The number of aliphatic hydroxyl groups is 1. The van der Waals surface area contributed by atoms with Crippen molar-refractivity contribution in [1.82, 2.24) is 0 Å². The average molecular weight is 198 g/mol. The minimum Gasteiger partial charge on any atom is -0.427 e. The lowest BCUT2D eigenvalue weighted by atomic mass is 10.1. The molecule has 12 heavy (non-hydrogen) atoms. The van der Waals surface area contributed by atoms with E-state index in [9.17, 15) is 4.79 Å². The molecule has 0 bridgehead atoms. The minimum absolute atomic E-state index is 0.101. The molecule has 5 nitrogen and oxygen atoms in total. The van der Waals surface area contributed by atoms with Crippen molar-refractivity contribution in [1.29, 1.82) is 0 Å². The molecule has 0 spiro atoms. The van der Waals surface area contributed by atoms with Gasteiger partial charge in [0, 0.05) is 6.42 Å². The number of aliphatic hydroxyl groups excluding tert-OH is 1. The summed E-state index contributed by atoms with van der Waals surface area (Å²) >= 11 is 5.28. The maximum Gasteiger partial charge on any atom is 0.528 e. The molecule has 0 rings (SSSR count). The number of carbonyl (C=O) groups excluding carboxylic acids is 1. The van der Waals surface area contributed by atoms with Crippen LogP contribution < -0.4 is 5.90 Å². The molecule has 0 aliphatic carbocycles. The lowest BCUT2D eigenvalue weighted by Gasteiger charge is -2.24. The van der Waals surface area contributed by atoms with Gasteiger partial charge in [-0.1, -0.05) is 11.6 Å². The molecule has 0 heterocycles. The molecule has 6 heteroatoms. The zero-order valence-corrected chi connectivity index (χ0v) is 7.67. The van der Waals surface area contributed by atoms with Crippen molar-refractivity contribution >= 4 is 17.8 Å². The molecule has 0 aromatic rings. The van der Waals surface area contributed by atoms with Gasteiger partial charge in [0.25, 0.3) is 0 Å². The van der Waals surface area contributed by atoms with Gasteiger partial charge in [-0.25, -0.2) is 4.79 Å². The number of nitrogens with two attached hydrogens (primary N) is 1. The van der Waals surface area contributed by atoms with E-state index in [4.69, 9.17) is 16.7 Å². The predicted octanol–water partition coefficient (Wildman–Crippen LogP) is 0.739. The molecule has 0 amide bonds. The molecule has 0 fully saturated rings. The standard InChI is InChI=1S/C6H12ClNO4/c1-6(2,3-4(7)9)11-5(10)12-8/h4,9H,3,8H2,1-2H3. The lowest BCUT2D eigenvalue weighted by Crippen LogP contribution is -2.32. The normalized spacial score (nSPS) is 13.8. The van der Waals surface area contributed by atoms with Gasteiger partial charge in [0.1, 0.15) is 11.2 Å². The SMILES string of the molecule is CC(C)(CC(O)Cl)OC(=O)ON. The maximum absolute atomic E-state index is 10.5. The number of alkyl halides is 1. The molecule has 0 aliphatic heterocycles. The first kappa shape index (κ1) is 11.5. The van der Waals surface area contributed by atoms with E-state index in [0.717, 1.165) is 0 Å². The molecule has 1 atom stereocenters. The van der Waals surface area contributed by atoms with Gasteiger partial charge in [-0.05, 0) is 13.8 Å². The van der Waals surface area contributed by atoms with Gasteiger partial charge in [0.15, 0.2) is 0 Å². The molecular weight excluding hydrogens is 186 g/mol. The van der Waals surface area contributed by atoms with Gasteiger partial charge in [0.05, 0.1) is 0 Å². The van der Waals surface area contributed by atoms with E-state index in [1.165, 1.54) is 0 Å². The van der Waals surface area contributed by atoms with Crippen LogP contribution in [0.5, 0.6) is 0 Å². The number of carbonyl (C=O) groups is 1. The fourth-order valence-electron chi connectivity index (χ4n) is 0.697. The second kappa shape index (κ2) is 4.49. The molecule has 3 N–H and O–H groups in total. The Morgan fingerprint density at radius 1 is 1.75 bits per heavy atom. The Bertz CT molecular complexity index is 160. The molecule has 0 aromatic heterocycles. The highest BCUT2D eigenvalue weighted by Crippen LogP contribution is 2.18. The van der Waals surface area contributed by atoms with Gasteiger partial charge in [-0.15, -0.1) is 0 Å². The van der Waals surface area contributed by atoms with Gasteiger partial charge in [-0.2, -0.15) is 5.90 Å². The van der Waals surface area contributed by atoms with Gasteiger partial charge in [-0.3, -0.25) is 0 Å². The molecule has 0 saturated carbocycles. The number of halogens is 1. The van der Waals surface area contributed by atoms with Crippen molar-refractivity contribution in [3.8, 4) is 0 Å². The van der Waals surface area contributed by atoms with E-state index in [1.54, 1.807) is 13.8 Å². The smallest absolute Gasteiger partial charge is 0.427 e. The topological polar surface area (TPSA) is 81.8 Å². The second-order valence-corrected chi connectivity index (χ2v) is 3.37. The summed E-state index contributed by atoms with van der Waals surface area (Å²) in [5, 5.41) is 8.78. The summed E-state index contributed by atoms with van der Waals surface area (Å²) in [5.41, 5.74) is -1.96. The van der Waals surface area contributed by atoms with Crippen molar-refractivity contribution in [2.75, 3.05) is 0 Å². The monoisotopic (exact) mass is 197 g/mol. The van der Waals surface area contributed by atoms with Crippen LogP contribution in [0.2, 0.25) is 0 Å². The number of rotatable bonds is 3. The summed E-state index contributed by atoms with van der Waals surface area (Å²) in [6, 6.07) is 0. The van der Waals surface area contributed by atoms with Crippen LogP contribution in [0.3, 0.4) is 0 Å². The van der Waals surface area contributed by atoms with Gasteiger partial charge in [0.2, 0.25) is 0 Å². The second-order valence-electron chi connectivity index (χ2n) is 2.87. The third-order valence-electron chi connectivity index (χ3n) is 1.12. The zero-order chi connectivity index (χ0) is 9.78. The fourth-order valence-corrected chi connectivity index (χ4v) is 1.07. The van der Waals surface area contributed by atoms with Crippen LogP contribution in [0.25, 0.3) is 0 Å².